The molecular formula is C74H107ClN2. The van der Waals surface area contributed by atoms with Crippen LogP contribution in [0.2, 0.25) is 0 Å². The van der Waals surface area contributed by atoms with Crippen LogP contribution in [0.1, 0.15) is 279 Å². The van der Waals surface area contributed by atoms with Gasteiger partial charge in [0.05, 0.1) is 22.1 Å². The standard InChI is InChI=1S/C74H107ClN2/c1-7-9-11-13-15-17-19-21-23-25-27-29-31-33-35-37-46-60-64(73(3,4)56-68-70(60)62-48-39-41-50-66(62)76-68)54-52-58-44-43-45-59(72(58)75)53-55-65-61(71-63-49-40-42-51-67(63)77-69(71)57-74(65,5)6)47-38-36-34-32-30-28-26-24-22-20-18-16-14-12-10-8-2/h39-42,48-57,60H,7-38,43-47H2,1-6H3. The van der Waals surface area contributed by atoms with E-state index in [4.69, 9.17) is 21.6 Å². The molecule has 0 radical (unpaired) electrons. The minimum absolute atomic E-state index is 0.105. The van der Waals surface area contributed by atoms with Gasteiger partial charge in [-0.3, -0.25) is 0 Å². The quantitative estimate of drug-likeness (QED) is 0.0603. The Morgan fingerprint density at radius 1 is 0.494 bits per heavy atom. The van der Waals surface area contributed by atoms with E-state index in [1.165, 1.54) is 273 Å². The number of hydrogen-bond acceptors (Lipinski definition) is 2. The van der Waals surface area contributed by atoms with Gasteiger partial charge in [-0.05, 0) is 90.7 Å². The molecule has 2 heterocycles. The molecule has 0 saturated heterocycles. The van der Waals surface area contributed by atoms with Crippen LogP contribution in [0.4, 0.5) is 0 Å². The molecule has 0 bridgehead atoms. The zero-order chi connectivity index (χ0) is 54.1. The van der Waals surface area contributed by atoms with E-state index < -0.39 is 0 Å². The number of allylic oxidation sites excluding steroid dienone is 13. The molecule has 2 nitrogen and oxygen atoms in total. The van der Waals surface area contributed by atoms with Gasteiger partial charge in [-0.1, -0.05) is 318 Å². The fraction of sp³-hybridized carbons (Fsp3) is 0.622. The Kier molecular flexibility index (Phi) is 25.7. The van der Waals surface area contributed by atoms with Crippen molar-refractivity contribution in [3.05, 3.63) is 150 Å². The molecule has 0 saturated carbocycles. The van der Waals surface area contributed by atoms with E-state index in [0.717, 1.165) is 41.4 Å². The molecule has 2 aromatic rings. The molecule has 2 aromatic carbocycles. The number of hydrogen-bond donors (Lipinski definition) is 0. The highest BCUT2D eigenvalue weighted by molar-refractivity contribution is 6.32. The van der Waals surface area contributed by atoms with E-state index in [1.54, 1.807) is 0 Å². The van der Waals surface area contributed by atoms with Crippen LogP contribution >= 0.6 is 11.6 Å². The van der Waals surface area contributed by atoms with Crippen molar-refractivity contribution >= 4 is 22.7 Å². The van der Waals surface area contributed by atoms with Crippen LogP contribution in [0.15, 0.2) is 139 Å². The zero-order valence-electron chi connectivity index (χ0n) is 50.1. The van der Waals surface area contributed by atoms with E-state index in [1.807, 2.05) is 0 Å². The van der Waals surface area contributed by atoms with Gasteiger partial charge in [-0.25, -0.2) is 9.98 Å². The van der Waals surface area contributed by atoms with Crippen LogP contribution in [0, 0.1) is 16.7 Å². The number of nitrogens with zero attached hydrogens (tertiary/aromatic N) is 2. The molecule has 1 atom stereocenters. The van der Waals surface area contributed by atoms with E-state index in [9.17, 15) is 0 Å². The number of para-hydroxylation sites is 2. The number of halogens is 1. The predicted molar refractivity (Wildman–Crippen MR) is 336 cm³/mol. The second-order valence-corrected chi connectivity index (χ2v) is 25.9. The van der Waals surface area contributed by atoms with E-state index in [0.29, 0.717) is 5.92 Å². The summed E-state index contributed by atoms with van der Waals surface area (Å²) in [6, 6.07) is 17.7. The van der Waals surface area contributed by atoms with Gasteiger partial charge in [-0.2, -0.15) is 0 Å². The van der Waals surface area contributed by atoms with Gasteiger partial charge in [0, 0.05) is 37.8 Å². The fourth-order valence-corrected chi connectivity index (χ4v) is 14.0. The Labute approximate surface area is 476 Å². The minimum atomic E-state index is -0.140. The minimum Gasteiger partial charge on any atom is -0.248 e. The molecular weight excluding hydrogens is 952 g/mol. The first-order chi connectivity index (χ1) is 37.6. The molecule has 77 heavy (non-hydrogen) atoms. The summed E-state index contributed by atoms with van der Waals surface area (Å²) in [7, 11) is 0. The van der Waals surface area contributed by atoms with Gasteiger partial charge >= 0.3 is 0 Å². The van der Waals surface area contributed by atoms with Crippen molar-refractivity contribution in [2.24, 2.45) is 26.7 Å². The highest BCUT2D eigenvalue weighted by atomic mass is 35.5. The average molecular weight is 1060 g/mol. The van der Waals surface area contributed by atoms with Gasteiger partial charge in [0.2, 0.25) is 0 Å². The lowest BCUT2D eigenvalue weighted by Crippen LogP contribution is -2.30. The second kappa shape index (κ2) is 32.5. The highest BCUT2D eigenvalue weighted by Gasteiger charge is 2.38. The van der Waals surface area contributed by atoms with E-state index >= 15 is 0 Å². The highest BCUT2D eigenvalue weighted by Crippen LogP contribution is 2.49. The summed E-state index contributed by atoms with van der Waals surface area (Å²) in [5, 5.41) is 5.84. The smallest absolute Gasteiger partial charge is 0.0716 e. The van der Waals surface area contributed by atoms with Gasteiger partial charge < -0.3 is 0 Å². The molecule has 3 aliphatic carbocycles. The van der Waals surface area contributed by atoms with Gasteiger partial charge in [0.15, 0.2) is 0 Å². The summed E-state index contributed by atoms with van der Waals surface area (Å²) in [5.41, 5.74) is 11.9. The van der Waals surface area contributed by atoms with Crippen LogP contribution in [-0.4, -0.2) is 0 Å². The molecule has 0 amide bonds. The van der Waals surface area contributed by atoms with Crippen LogP contribution < -0.4 is 21.2 Å². The molecule has 7 rings (SSSR count). The van der Waals surface area contributed by atoms with Gasteiger partial charge in [0.1, 0.15) is 0 Å². The SMILES string of the molecule is CCCCCCCCCCCCCCCCCCC1=C(C=CC2=C(Cl)C(=CC=C3C(CCCCCCCCCCCCCCCCCC)C4=c5ccccc5=NC4=CC3(C)C)CCC2)C(C)(C)C=C2N=c3ccccc3=C21. The number of benzene rings is 2. The van der Waals surface area contributed by atoms with Crippen molar-refractivity contribution in [3.8, 4) is 0 Å². The summed E-state index contributed by atoms with van der Waals surface area (Å²) in [6.07, 6.45) is 64.7. The van der Waals surface area contributed by atoms with E-state index in [2.05, 4.69) is 127 Å². The van der Waals surface area contributed by atoms with E-state index in [-0.39, 0.29) is 10.8 Å². The Hall–Kier alpha value is -3.75. The first-order valence-corrected chi connectivity index (χ1v) is 33.1. The first-order valence-electron chi connectivity index (χ1n) is 32.7. The van der Waals surface area contributed by atoms with Crippen molar-refractivity contribution in [3.63, 3.8) is 0 Å². The maximum absolute atomic E-state index is 7.58. The number of rotatable bonds is 37. The predicted octanol–water partition coefficient (Wildman–Crippen LogP) is 21.1. The molecule has 0 aromatic heterocycles. The van der Waals surface area contributed by atoms with Gasteiger partial charge in [0.25, 0.3) is 0 Å². The Balaban J connectivity index is 0.993. The van der Waals surface area contributed by atoms with Crippen molar-refractivity contribution in [2.45, 2.75) is 279 Å². The Morgan fingerprint density at radius 2 is 0.948 bits per heavy atom. The molecule has 0 N–H and O–H groups in total. The topological polar surface area (TPSA) is 24.7 Å². The monoisotopic (exact) mass is 1060 g/mol. The molecule has 0 fully saturated rings. The summed E-state index contributed by atoms with van der Waals surface area (Å²) in [6.45, 7) is 14.2. The van der Waals surface area contributed by atoms with Crippen LogP contribution in [0.5, 0.6) is 0 Å². The van der Waals surface area contributed by atoms with Crippen molar-refractivity contribution in [1.82, 2.24) is 0 Å². The lowest BCUT2D eigenvalue weighted by molar-refractivity contribution is 0.463. The van der Waals surface area contributed by atoms with Crippen molar-refractivity contribution in [1.29, 1.82) is 0 Å². The van der Waals surface area contributed by atoms with Gasteiger partial charge in [-0.15, -0.1) is 0 Å². The molecule has 2 aliphatic heterocycles. The molecule has 0 spiro atoms. The molecule has 3 heteroatoms. The normalized spacial score (nSPS) is 19.4. The third-order valence-corrected chi connectivity index (χ3v) is 18.6. The largest absolute Gasteiger partial charge is 0.248 e. The van der Waals surface area contributed by atoms with Crippen LogP contribution in [-0.2, 0) is 0 Å². The third kappa shape index (κ3) is 18.1. The third-order valence-electron chi connectivity index (χ3n) is 18.2. The lowest BCUT2D eigenvalue weighted by atomic mass is 9.67. The first kappa shape index (κ1) is 60.9. The molecule has 5 aliphatic rings. The molecule has 1 unspecified atom stereocenters. The second-order valence-electron chi connectivity index (χ2n) is 25.5. The summed E-state index contributed by atoms with van der Waals surface area (Å²) >= 11 is 7.58. The molecule has 420 valence electrons. The van der Waals surface area contributed by atoms with Crippen molar-refractivity contribution in [2.75, 3.05) is 0 Å². The Bertz CT molecular complexity index is 2670. The maximum atomic E-state index is 7.58. The summed E-state index contributed by atoms with van der Waals surface area (Å²) in [4.78, 5) is 10.5. The average Bonchev–Trinajstić information content (AvgIpc) is 4.06. The van der Waals surface area contributed by atoms with Crippen LogP contribution in [0.3, 0.4) is 0 Å². The lowest BCUT2D eigenvalue weighted by Gasteiger charge is -2.37. The fourth-order valence-electron chi connectivity index (χ4n) is 13.6. The zero-order valence-corrected chi connectivity index (χ0v) is 50.9. The van der Waals surface area contributed by atoms with Crippen molar-refractivity contribution < 1.29 is 0 Å². The Morgan fingerprint density at radius 3 is 1.49 bits per heavy atom. The number of unbranched alkanes of at least 4 members (excludes halogenated alkanes) is 30. The summed E-state index contributed by atoms with van der Waals surface area (Å²) in [5.74, 6) is 0.350. The summed E-state index contributed by atoms with van der Waals surface area (Å²) < 4.78 is 0. The maximum Gasteiger partial charge on any atom is 0.0716 e. The number of fused-ring (bicyclic) bond motifs is 4. The van der Waals surface area contributed by atoms with Crippen LogP contribution in [0.25, 0.3) is 11.1 Å².